The number of hydrogen-bond acceptors (Lipinski definition) is 3. The number of nitrogens with zero attached hydrogens (tertiary/aromatic N) is 3. The van der Waals surface area contributed by atoms with Crippen LogP contribution in [0.4, 0.5) is 0 Å². The van der Waals surface area contributed by atoms with Crippen LogP contribution in [-0.4, -0.2) is 24.2 Å². The molecule has 0 aromatic carbocycles. The van der Waals surface area contributed by atoms with Crippen molar-refractivity contribution in [3.8, 4) is 6.07 Å². The van der Waals surface area contributed by atoms with Gasteiger partial charge in [0.05, 0.1) is 5.69 Å². The number of aromatic nitrogens is 2. The Morgan fingerprint density at radius 2 is 2.21 bits per heavy atom. The lowest BCUT2D eigenvalue weighted by Crippen LogP contribution is -2.22. The van der Waals surface area contributed by atoms with Gasteiger partial charge in [-0.15, -0.1) is 0 Å². The standard InChI is InChI=1S/C14H23N3OSi/c1-19(2,3)7-6-18-11-17-10-13(8-12-4-5-12)16-14(17)9-15/h10,12H,4-8,11H2,1-3H3. The van der Waals surface area contributed by atoms with E-state index in [2.05, 4.69) is 30.7 Å². The second-order valence-electron chi connectivity index (χ2n) is 6.63. The van der Waals surface area contributed by atoms with Crippen molar-refractivity contribution in [3.63, 3.8) is 0 Å². The van der Waals surface area contributed by atoms with Crippen LogP contribution in [0.25, 0.3) is 0 Å². The fraction of sp³-hybridized carbons (Fsp3) is 0.714. The average Bonchev–Trinajstić information content (AvgIpc) is 3.03. The number of imidazole rings is 1. The van der Waals surface area contributed by atoms with E-state index in [0.717, 1.165) is 30.7 Å². The second-order valence-corrected chi connectivity index (χ2v) is 12.3. The zero-order valence-electron chi connectivity index (χ0n) is 12.1. The molecule has 0 N–H and O–H groups in total. The lowest BCUT2D eigenvalue weighted by atomic mass is 10.2. The minimum atomic E-state index is -1.04. The summed E-state index contributed by atoms with van der Waals surface area (Å²) >= 11 is 0. The fourth-order valence-corrected chi connectivity index (χ4v) is 2.67. The maximum Gasteiger partial charge on any atom is 0.214 e. The highest BCUT2D eigenvalue weighted by Gasteiger charge is 2.23. The van der Waals surface area contributed by atoms with Crippen LogP contribution in [0.1, 0.15) is 24.4 Å². The van der Waals surface area contributed by atoms with Crippen molar-refractivity contribution in [3.05, 3.63) is 17.7 Å². The van der Waals surface area contributed by atoms with E-state index in [0.29, 0.717) is 12.6 Å². The van der Waals surface area contributed by atoms with Crippen molar-refractivity contribution >= 4 is 8.07 Å². The van der Waals surface area contributed by atoms with E-state index < -0.39 is 8.07 Å². The van der Waals surface area contributed by atoms with Crippen molar-refractivity contribution < 1.29 is 4.74 Å². The molecule has 1 aromatic rings. The quantitative estimate of drug-likeness (QED) is 0.568. The lowest BCUT2D eigenvalue weighted by Gasteiger charge is -2.15. The third-order valence-corrected chi connectivity index (χ3v) is 5.05. The monoisotopic (exact) mass is 277 g/mol. The third-order valence-electron chi connectivity index (χ3n) is 3.35. The molecule has 1 aliphatic carbocycles. The van der Waals surface area contributed by atoms with E-state index in [1.54, 1.807) is 0 Å². The molecule has 1 heterocycles. The zero-order chi connectivity index (χ0) is 13.9. The van der Waals surface area contributed by atoms with Crippen LogP contribution in [0.3, 0.4) is 0 Å². The van der Waals surface area contributed by atoms with E-state index in [1.165, 1.54) is 12.8 Å². The summed E-state index contributed by atoms with van der Waals surface area (Å²) in [5, 5.41) is 9.09. The van der Waals surface area contributed by atoms with Gasteiger partial charge in [-0.2, -0.15) is 5.26 Å². The fourth-order valence-electron chi connectivity index (χ4n) is 1.92. The Labute approximate surface area is 116 Å². The third kappa shape index (κ3) is 4.81. The molecule has 2 rings (SSSR count). The van der Waals surface area contributed by atoms with E-state index in [4.69, 9.17) is 10.00 Å². The Kier molecular flexibility index (Phi) is 4.43. The smallest absolute Gasteiger partial charge is 0.214 e. The van der Waals surface area contributed by atoms with Crippen LogP contribution < -0.4 is 0 Å². The van der Waals surface area contributed by atoms with Gasteiger partial charge in [-0.05, 0) is 31.2 Å². The Balaban J connectivity index is 1.84. The predicted octanol–water partition coefficient (Wildman–Crippen LogP) is 3.02. The van der Waals surface area contributed by atoms with Crippen LogP contribution in [-0.2, 0) is 17.9 Å². The van der Waals surface area contributed by atoms with Crippen LogP contribution in [0.2, 0.25) is 25.7 Å². The van der Waals surface area contributed by atoms with Gasteiger partial charge in [0, 0.05) is 20.9 Å². The molecule has 5 heteroatoms. The molecule has 0 unspecified atom stereocenters. The van der Waals surface area contributed by atoms with Gasteiger partial charge in [0.2, 0.25) is 5.82 Å². The van der Waals surface area contributed by atoms with E-state index in [1.807, 2.05) is 10.8 Å². The largest absolute Gasteiger partial charge is 0.361 e. The average molecular weight is 277 g/mol. The molecular formula is C14H23N3OSi. The van der Waals surface area contributed by atoms with Crippen molar-refractivity contribution in [2.24, 2.45) is 5.92 Å². The molecule has 4 nitrogen and oxygen atoms in total. The minimum Gasteiger partial charge on any atom is -0.361 e. The summed E-state index contributed by atoms with van der Waals surface area (Å²) in [5.41, 5.74) is 1.04. The van der Waals surface area contributed by atoms with Crippen LogP contribution in [0.5, 0.6) is 0 Å². The van der Waals surface area contributed by atoms with E-state index >= 15 is 0 Å². The molecule has 0 amide bonds. The molecule has 0 spiro atoms. The van der Waals surface area contributed by atoms with Gasteiger partial charge < -0.3 is 4.74 Å². The minimum absolute atomic E-state index is 0.449. The van der Waals surface area contributed by atoms with Gasteiger partial charge in [0.1, 0.15) is 12.8 Å². The highest BCUT2D eigenvalue weighted by atomic mass is 28.3. The molecule has 0 atom stereocenters. The highest BCUT2D eigenvalue weighted by molar-refractivity contribution is 6.76. The predicted molar refractivity (Wildman–Crippen MR) is 77.5 cm³/mol. The molecule has 1 aliphatic rings. The molecule has 0 bridgehead atoms. The van der Waals surface area contributed by atoms with Crippen LogP contribution in [0.15, 0.2) is 6.20 Å². The summed E-state index contributed by atoms with van der Waals surface area (Å²) in [6.45, 7) is 8.23. The summed E-state index contributed by atoms with van der Waals surface area (Å²) < 4.78 is 7.51. The van der Waals surface area contributed by atoms with Crippen LogP contribution >= 0.6 is 0 Å². The summed E-state index contributed by atoms with van der Waals surface area (Å²) in [7, 11) is -1.04. The number of hydrogen-bond donors (Lipinski definition) is 0. The topological polar surface area (TPSA) is 50.8 Å². The maximum absolute atomic E-state index is 9.09. The summed E-state index contributed by atoms with van der Waals surface area (Å²) in [4.78, 5) is 4.37. The molecule has 104 valence electrons. The van der Waals surface area contributed by atoms with Gasteiger partial charge in [-0.1, -0.05) is 19.6 Å². The SMILES string of the molecule is C[Si](C)(C)CCOCn1cc(CC2CC2)nc1C#N. The Bertz CT molecular complexity index is 466. The Hall–Kier alpha value is -1.12. The maximum atomic E-state index is 9.09. The number of ether oxygens (including phenoxy) is 1. The van der Waals surface area contributed by atoms with Gasteiger partial charge in [-0.25, -0.2) is 4.98 Å². The second kappa shape index (κ2) is 5.89. The first-order valence-corrected chi connectivity index (χ1v) is 10.7. The van der Waals surface area contributed by atoms with Crippen molar-refractivity contribution in [2.45, 2.75) is 51.7 Å². The number of rotatable bonds is 7. The first-order valence-electron chi connectivity index (χ1n) is 7.02. The first-order chi connectivity index (χ1) is 8.98. The number of nitriles is 1. The van der Waals surface area contributed by atoms with Gasteiger partial charge >= 0.3 is 0 Å². The van der Waals surface area contributed by atoms with Crippen molar-refractivity contribution in [1.82, 2.24) is 9.55 Å². The Morgan fingerprint density at radius 1 is 1.47 bits per heavy atom. The summed E-state index contributed by atoms with van der Waals surface area (Å²) in [6.07, 6.45) is 5.60. The highest BCUT2D eigenvalue weighted by Crippen LogP contribution is 2.32. The van der Waals surface area contributed by atoms with Gasteiger partial charge in [-0.3, -0.25) is 4.57 Å². The first kappa shape index (κ1) is 14.3. The van der Waals surface area contributed by atoms with E-state index in [9.17, 15) is 0 Å². The van der Waals surface area contributed by atoms with Crippen LogP contribution in [0, 0.1) is 17.2 Å². The molecule has 1 fully saturated rings. The van der Waals surface area contributed by atoms with E-state index in [-0.39, 0.29) is 0 Å². The molecule has 1 saturated carbocycles. The summed E-state index contributed by atoms with van der Waals surface area (Å²) in [5.74, 6) is 1.27. The molecule has 1 aromatic heterocycles. The summed E-state index contributed by atoms with van der Waals surface area (Å²) in [6, 6.07) is 3.30. The molecular weight excluding hydrogens is 254 g/mol. The van der Waals surface area contributed by atoms with Gasteiger partial charge in [0.25, 0.3) is 0 Å². The molecule has 0 saturated heterocycles. The Morgan fingerprint density at radius 3 is 2.79 bits per heavy atom. The zero-order valence-corrected chi connectivity index (χ0v) is 13.1. The molecule has 0 aliphatic heterocycles. The van der Waals surface area contributed by atoms with Gasteiger partial charge in [0.15, 0.2) is 0 Å². The normalized spacial score (nSPS) is 15.5. The van der Waals surface area contributed by atoms with Crippen molar-refractivity contribution in [2.75, 3.05) is 6.61 Å². The lowest BCUT2D eigenvalue weighted by molar-refractivity contribution is 0.0865. The molecule has 19 heavy (non-hydrogen) atoms. The molecule has 0 radical (unpaired) electrons. The van der Waals surface area contributed by atoms with Crippen molar-refractivity contribution in [1.29, 1.82) is 5.26 Å².